The summed E-state index contributed by atoms with van der Waals surface area (Å²) in [6.07, 6.45) is 6.35. The van der Waals surface area contributed by atoms with E-state index in [1.807, 2.05) is 31.9 Å². The van der Waals surface area contributed by atoms with Crippen molar-refractivity contribution in [3.63, 3.8) is 0 Å². The molecule has 1 aliphatic rings. The second-order valence-corrected chi connectivity index (χ2v) is 8.44. The molecule has 0 bridgehead atoms. The maximum atomic E-state index is 13.9. The Labute approximate surface area is 175 Å². The number of likely N-dealkylation sites (tertiary alicyclic amines) is 1. The maximum Gasteiger partial charge on any atom is 0.254 e. The zero-order chi connectivity index (χ0) is 21.9. The highest BCUT2D eigenvalue weighted by Gasteiger charge is 2.46. The van der Waals surface area contributed by atoms with Gasteiger partial charge in [-0.05, 0) is 26.8 Å². The molecule has 3 rings (SSSR count). The van der Waals surface area contributed by atoms with Crippen LogP contribution >= 0.6 is 0 Å². The van der Waals surface area contributed by atoms with Gasteiger partial charge in [0.15, 0.2) is 5.82 Å². The molecule has 2 aromatic heterocycles. The number of carbonyl (C=O) groups is 2. The van der Waals surface area contributed by atoms with Gasteiger partial charge in [0, 0.05) is 49.5 Å². The minimum Gasteiger partial charge on any atom is -0.383 e. The van der Waals surface area contributed by atoms with Crippen LogP contribution in [0.15, 0.2) is 30.9 Å². The fraction of sp³-hybridized carbons (Fsp3) is 0.524. The molecule has 30 heavy (non-hydrogen) atoms. The first-order chi connectivity index (χ1) is 14.2. The van der Waals surface area contributed by atoms with Crippen LogP contribution in [0, 0.1) is 11.7 Å². The van der Waals surface area contributed by atoms with Gasteiger partial charge in [-0.15, -0.1) is 0 Å². The molecule has 2 aromatic rings. The standard InChI is InChI=1S/C21H28FN5O3/c1-21(2,3)27-18(28)9-14(10-24-20(29)16-5-6-23-12-17(16)22)19(27)15-11-25-26(13-15)7-8-30-4/h5-6,11-14,19H,7-10H2,1-4H3,(H,24,29)/t14-,19+/m0/s1. The van der Waals surface area contributed by atoms with Crippen LogP contribution in [0.5, 0.6) is 0 Å². The zero-order valence-corrected chi connectivity index (χ0v) is 17.8. The lowest BCUT2D eigenvalue weighted by molar-refractivity contribution is -0.133. The van der Waals surface area contributed by atoms with E-state index < -0.39 is 17.3 Å². The molecule has 2 atom stereocenters. The average Bonchev–Trinajstić information content (AvgIpc) is 3.28. The fourth-order valence-corrected chi connectivity index (χ4v) is 3.91. The molecule has 1 saturated heterocycles. The number of amides is 2. The van der Waals surface area contributed by atoms with E-state index in [4.69, 9.17) is 4.74 Å². The maximum absolute atomic E-state index is 13.9. The van der Waals surface area contributed by atoms with Crippen LogP contribution in [0.1, 0.15) is 49.2 Å². The molecule has 9 heteroatoms. The minimum absolute atomic E-state index is 0.0199. The molecule has 0 saturated carbocycles. The average molecular weight is 417 g/mol. The Morgan fingerprint density at radius 3 is 2.80 bits per heavy atom. The Hall–Kier alpha value is -2.81. The van der Waals surface area contributed by atoms with Gasteiger partial charge in [-0.3, -0.25) is 19.3 Å². The van der Waals surface area contributed by atoms with Crippen molar-refractivity contribution in [2.75, 3.05) is 20.3 Å². The summed E-state index contributed by atoms with van der Waals surface area (Å²) in [6, 6.07) is 1.10. The Bertz CT molecular complexity index is 908. The lowest BCUT2D eigenvalue weighted by Crippen LogP contribution is -2.44. The van der Waals surface area contributed by atoms with Gasteiger partial charge in [-0.2, -0.15) is 5.10 Å². The number of rotatable bonds is 7. The van der Waals surface area contributed by atoms with Crippen LogP contribution < -0.4 is 5.32 Å². The van der Waals surface area contributed by atoms with Gasteiger partial charge in [-0.25, -0.2) is 4.39 Å². The molecule has 0 unspecified atom stereocenters. The molecular weight excluding hydrogens is 389 g/mol. The molecule has 0 radical (unpaired) electrons. The van der Waals surface area contributed by atoms with E-state index >= 15 is 0 Å². The Morgan fingerprint density at radius 1 is 1.37 bits per heavy atom. The molecule has 0 spiro atoms. The number of aromatic nitrogens is 3. The molecular formula is C21H28FN5O3. The lowest BCUT2D eigenvalue weighted by atomic mass is 9.93. The van der Waals surface area contributed by atoms with Crippen LogP contribution in [0.4, 0.5) is 4.39 Å². The second-order valence-electron chi connectivity index (χ2n) is 8.44. The van der Waals surface area contributed by atoms with Gasteiger partial charge in [-0.1, -0.05) is 0 Å². The van der Waals surface area contributed by atoms with Gasteiger partial charge in [0.25, 0.3) is 5.91 Å². The Kier molecular flexibility index (Phi) is 6.50. The van der Waals surface area contributed by atoms with Gasteiger partial charge >= 0.3 is 0 Å². The Morgan fingerprint density at radius 2 is 2.13 bits per heavy atom. The van der Waals surface area contributed by atoms with E-state index in [0.717, 1.165) is 11.8 Å². The number of hydrogen-bond acceptors (Lipinski definition) is 5. The third-order valence-corrected chi connectivity index (χ3v) is 5.21. The first-order valence-corrected chi connectivity index (χ1v) is 9.93. The van der Waals surface area contributed by atoms with Gasteiger partial charge in [0.1, 0.15) is 0 Å². The van der Waals surface area contributed by atoms with E-state index in [9.17, 15) is 14.0 Å². The van der Waals surface area contributed by atoms with Crippen molar-refractivity contribution in [2.24, 2.45) is 5.92 Å². The highest BCUT2D eigenvalue weighted by Crippen LogP contribution is 2.42. The molecule has 0 aliphatic carbocycles. The van der Waals surface area contributed by atoms with Crippen LogP contribution in [-0.2, 0) is 16.1 Å². The number of nitrogens with one attached hydrogen (secondary N) is 1. The lowest BCUT2D eigenvalue weighted by Gasteiger charge is -2.38. The molecule has 1 N–H and O–H groups in total. The van der Waals surface area contributed by atoms with Crippen molar-refractivity contribution in [1.29, 1.82) is 0 Å². The van der Waals surface area contributed by atoms with Crippen LogP contribution in [0.25, 0.3) is 0 Å². The normalized spacial score (nSPS) is 19.4. The van der Waals surface area contributed by atoms with Crippen molar-refractivity contribution in [1.82, 2.24) is 25.0 Å². The first-order valence-electron chi connectivity index (χ1n) is 9.93. The van der Waals surface area contributed by atoms with E-state index in [0.29, 0.717) is 19.6 Å². The monoisotopic (exact) mass is 417 g/mol. The van der Waals surface area contributed by atoms with E-state index in [-0.39, 0.29) is 30.0 Å². The van der Waals surface area contributed by atoms with Crippen LogP contribution in [0.3, 0.4) is 0 Å². The van der Waals surface area contributed by atoms with E-state index in [2.05, 4.69) is 15.4 Å². The SMILES string of the molecule is COCCn1cc([C@H]2[C@H](CNC(=O)c3ccncc3F)CC(=O)N2C(C)(C)C)cn1. The largest absolute Gasteiger partial charge is 0.383 e. The molecule has 162 valence electrons. The smallest absolute Gasteiger partial charge is 0.254 e. The molecule has 0 aromatic carbocycles. The molecule has 2 amide bonds. The zero-order valence-electron chi connectivity index (χ0n) is 17.8. The second kappa shape index (κ2) is 8.91. The van der Waals surface area contributed by atoms with E-state index in [1.165, 1.54) is 12.3 Å². The number of methoxy groups -OCH3 is 1. The van der Waals surface area contributed by atoms with Crippen molar-refractivity contribution in [3.05, 3.63) is 47.8 Å². The van der Waals surface area contributed by atoms with Gasteiger partial charge < -0.3 is 15.0 Å². The predicted molar refractivity (Wildman–Crippen MR) is 108 cm³/mol. The van der Waals surface area contributed by atoms with Crippen LogP contribution in [0.2, 0.25) is 0 Å². The molecule has 1 aliphatic heterocycles. The third kappa shape index (κ3) is 4.67. The topological polar surface area (TPSA) is 89.3 Å². The molecule has 3 heterocycles. The number of carbonyl (C=O) groups excluding carboxylic acids is 2. The summed E-state index contributed by atoms with van der Waals surface area (Å²) < 4.78 is 20.7. The number of ether oxygens (including phenoxy) is 1. The fourth-order valence-electron chi connectivity index (χ4n) is 3.91. The Balaban J connectivity index is 1.81. The van der Waals surface area contributed by atoms with Crippen LogP contribution in [-0.4, -0.2) is 57.3 Å². The quantitative estimate of drug-likeness (QED) is 0.746. The third-order valence-electron chi connectivity index (χ3n) is 5.21. The van der Waals surface area contributed by atoms with Crippen molar-refractivity contribution < 1.29 is 18.7 Å². The van der Waals surface area contributed by atoms with Gasteiger partial charge in [0.05, 0.1) is 37.2 Å². The van der Waals surface area contributed by atoms with Crippen molar-refractivity contribution >= 4 is 11.8 Å². The summed E-state index contributed by atoms with van der Waals surface area (Å²) in [6.45, 7) is 7.34. The summed E-state index contributed by atoms with van der Waals surface area (Å²) in [5.41, 5.74) is 0.443. The predicted octanol–water partition coefficient (Wildman–Crippen LogP) is 2.18. The molecule has 8 nitrogen and oxygen atoms in total. The highest BCUT2D eigenvalue weighted by atomic mass is 19.1. The summed E-state index contributed by atoms with van der Waals surface area (Å²) >= 11 is 0. The number of pyridine rings is 1. The number of halogens is 1. The summed E-state index contributed by atoms with van der Waals surface area (Å²) in [5.74, 6) is -1.34. The van der Waals surface area contributed by atoms with Crippen molar-refractivity contribution in [3.8, 4) is 0 Å². The van der Waals surface area contributed by atoms with Crippen molar-refractivity contribution in [2.45, 2.75) is 45.3 Å². The first kappa shape index (κ1) is 21.9. The minimum atomic E-state index is -0.676. The summed E-state index contributed by atoms with van der Waals surface area (Å²) in [7, 11) is 1.63. The number of nitrogens with zero attached hydrogens (tertiary/aromatic N) is 4. The van der Waals surface area contributed by atoms with E-state index in [1.54, 1.807) is 18.0 Å². The van der Waals surface area contributed by atoms with Gasteiger partial charge in [0.2, 0.25) is 5.91 Å². The highest BCUT2D eigenvalue weighted by molar-refractivity contribution is 5.94. The molecule has 1 fully saturated rings. The summed E-state index contributed by atoms with van der Waals surface area (Å²) in [4.78, 5) is 30.8. The summed E-state index contributed by atoms with van der Waals surface area (Å²) in [5, 5.41) is 7.17. The number of hydrogen-bond donors (Lipinski definition) is 1.